The molecule has 1 aliphatic rings. The van der Waals surface area contributed by atoms with Gasteiger partial charge >= 0.3 is 0 Å². The number of benzene rings is 2. The van der Waals surface area contributed by atoms with Gasteiger partial charge in [0.15, 0.2) is 0 Å². The number of fused-ring (bicyclic) bond motifs is 1. The molecule has 2 atom stereocenters. The molecule has 31 heavy (non-hydrogen) atoms. The smallest absolute Gasteiger partial charge is 0.223 e. The van der Waals surface area contributed by atoms with Crippen LogP contribution >= 0.6 is 0 Å². The number of nitrogens with zero attached hydrogens (tertiary/aromatic N) is 3. The van der Waals surface area contributed by atoms with Gasteiger partial charge in [-0.3, -0.25) is 4.79 Å². The van der Waals surface area contributed by atoms with Crippen LogP contribution in [0, 0.1) is 13.8 Å². The van der Waals surface area contributed by atoms with E-state index in [-0.39, 0.29) is 18.4 Å². The largest absolute Gasteiger partial charge is 0.490 e. The Balaban J connectivity index is 1.56. The molecule has 1 N–H and O–H groups in total. The summed E-state index contributed by atoms with van der Waals surface area (Å²) in [5.41, 5.74) is 3.92. The zero-order valence-corrected chi connectivity index (χ0v) is 18.1. The number of hydrogen-bond donors (Lipinski definition) is 1. The summed E-state index contributed by atoms with van der Waals surface area (Å²) in [6, 6.07) is 13.9. The van der Waals surface area contributed by atoms with E-state index in [9.17, 15) is 9.90 Å². The highest BCUT2D eigenvalue weighted by atomic mass is 16.5. The van der Waals surface area contributed by atoms with Crippen molar-refractivity contribution in [3.8, 4) is 5.75 Å². The van der Waals surface area contributed by atoms with Crippen LogP contribution in [0.4, 0.5) is 0 Å². The highest BCUT2D eigenvalue weighted by molar-refractivity contribution is 5.81. The lowest BCUT2D eigenvalue weighted by atomic mass is 10.1. The summed E-state index contributed by atoms with van der Waals surface area (Å²) in [6.07, 6.45) is 1.46. The molecular weight excluding hydrogens is 390 g/mol. The van der Waals surface area contributed by atoms with E-state index in [4.69, 9.17) is 9.72 Å². The Bertz CT molecular complexity index is 1080. The summed E-state index contributed by atoms with van der Waals surface area (Å²) < 4.78 is 8.01. The molecule has 0 spiro atoms. The molecule has 0 aliphatic carbocycles. The molecule has 4 rings (SSSR count). The van der Waals surface area contributed by atoms with Crippen LogP contribution < -0.4 is 4.74 Å². The number of carbonyl (C=O) groups excluding carboxylic acids is 1. The maximum absolute atomic E-state index is 12.4. The van der Waals surface area contributed by atoms with Crippen LogP contribution in [-0.4, -0.2) is 51.3 Å². The van der Waals surface area contributed by atoms with Gasteiger partial charge in [0.1, 0.15) is 24.3 Å². The lowest BCUT2D eigenvalue weighted by Crippen LogP contribution is -2.27. The first-order chi connectivity index (χ1) is 15.0. The topological polar surface area (TPSA) is 67.6 Å². The maximum Gasteiger partial charge on any atom is 0.223 e. The predicted molar refractivity (Wildman–Crippen MR) is 121 cm³/mol. The third-order valence-electron chi connectivity index (χ3n) is 5.84. The number of aromatic nitrogens is 2. The fourth-order valence-electron chi connectivity index (χ4n) is 4.34. The van der Waals surface area contributed by atoms with Gasteiger partial charge < -0.3 is 19.3 Å². The van der Waals surface area contributed by atoms with E-state index >= 15 is 0 Å². The van der Waals surface area contributed by atoms with Crippen LogP contribution in [0.25, 0.3) is 11.0 Å². The Morgan fingerprint density at radius 1 is 1.23 bits per heavy atom. The van der Waals surface area contributed by atoms with Crippen molar-refractivity contribution < 1.29 is 14.6 Å². The van der Waals surface area contributed by atoms with Crippen molar-refractivity contribution in [2.24, 2.45) is 0 Å². The molecule has 1 aromatic heterocycles. The van der Waals surface area contributed by atoms with Crippen LogP contribution in [-0.2, 0) is 11.3 Å². The molecular formula is C25H29N3O3. The van der Waals surface area contributed by atoms with Gasteiger partial charge in [-0.1, -0.05) is 36.4 Å². The zero-order valence-electron chi connectivity index (χ0n) is 18.1. The van der Waals surface area contributed by atoms with E-state index in [1.54, 1.807) is 6.08 Å². The second kappa shape index (κ2) is 8.94. The number of imidazole rings is 1. The van der Waals surface area contributed by atoms with Gasteiger partial charge in [0.25, 0.3) is 0 Å². The van der Waals surface area contributed by atoms with Crippen LogP contribution in [0.15, 0.2) is 55.1 Å². The molecule has 2 heterocycles. The first kappa shape index (κ1) is 21.1. The summed E-state index contributed by atoms with van der Waals surface area (Å²) >= 11 is 0. The minimum Gasteiger partial charge on any atom is -0.490 e. The van der Waals surface area contributed by atoms with Crippen LogP contribution in [0.2, 0.25) is 0 Å². The van der Waals surface area contributed by atoms with Gasteiger partial charge in [0.2, 0.25) is 5.91 Å². The highest BCUT2D eigenvalue weighted by Gasteiger charge is 2.33. The van der Waals surface area contributed by atoms with E-state index in [0.717, 1.165) is 33.7 Å². The number of aliphatic hydroxyl groups excluding tert-OH is 1. The van der Waals surface area contributed by atoms with Gasteiger partial charge in [0.05, 0.1) is 17.6 Å². The summed E-state index contributed by atoms with van der Waals surface area (Å²) in [5.74, 6) is 1.76. The van der Waals surface area contributed by atoms with E-state index in [0.29, 0.717) is 26.1 Å². The number of ether oxygens (including phenoxy) is 1. The number of likely N-dealkylation sites (tertiary alicyclic amines) is 1. The molecule has 0 bridgehead atoms. The van der Waals surface area contributed by atoms with Gasteiger partial charge in [-0.2, -0.15) is 0 Å². The molecule has 6 heteroatoms. The number of hydrogen-bond acceptors (Lipinski definition) is 4. The minimum atomic E-state index is -0.711. The van der Waals surface area contributed by atoms with E-state index < -0.39 is 6.10 Å². The number of rotatable bonds is 8. The van der Waals surface area contributed by atoms with E-state index in [1.807, 2.05) is 65.8 Å². The number of para-hydroxylation sites is 3. The lowest BCUT2D eigenvalue weighted by Gasteiger charge is -2.19. The molecule has 1 amide bonds. The fourth-order valence-corrected chi connectivity index (χ4v) is 4.34. The lowest BCUT2D eigenvalue weighted by molar-refractivity contribution is -0.127. The monoisotopic (exact) mass is 419 g/mol. The van der Waals surface area contributed by atoms with Crippen LogP contribution in [0.3, 0.4) is 0 Å². The molecule has 3 aromatic rings. The van der Waals surface area contributed by atoms with Crippen molar-refractivity contribution in [2.45, 2.75) is 38.8 Å². The number of aliphatic hydroxyl groups is 1. The van der Waals surface area contributed by atoms with Gasteiger partial charge in [0, 0.05) is 25.4 Å². The summed E-state index contributed by atoms with van der Waals surface area (Å²) in [4.78, 5) is 19.0. The molecule has 162 valence electrons. The molecule has 1 fully saturated rings. The Hall–Kier alpha value is -3.12. The minimum absolute atomic E-state index is 0.00780. The standard InChI is InChI=1S/C25H29N3O3/c1-4-12-27-14-19(13-23(27)30)25-26-21-10-5-6-11-22(21)28(25)15-20(29)16-31-24-17(2)8-7-9-18(24)3/h4-11,19-20,29H,1,12-16H2,2-3H3/t19-,20+/m0/s1. The Labute approximate surface area is 182 Å². The zero-order chi connectivity index (χ0) is 22.0. The fraction of sp³-hybridized carbons (Fsp3) is 0.360. The average molecular weight is 420 g/mol. The first-order valence-electron chi connectivity index (χ1n) is 10.7. The summed E-state index contributed by atoms with van der Waals surface area (Å²) in [7, 11) is 0. The normalized spacial score (nSPS) is 17.3. The van der Waals surface area contributed by atoms with Crippen molar-refractivity contribution in [1.29, 1.82) is 0 Å². The van der Waals surface area contributed by atoms with E-state index in [2.05, 4.69) is 6.58 Å². The molecule has 6 nitrogen and oxygen atoms in total. The molecule has 1 saturated heterocycles. The van der Waals surface area contributed by atoms with Crippen molar-refractivity contribution in [3.05, 3.63) is 72.1 Å². The average Bonchev–Trinajstić information content (AvgIpc) is 3.29. The van der Waals surface area contributed by atoms with Crippen molar-refractivity contribution in [3.63, 3.8) is 0 Å². The first-order valence-corrected chi connectivity index (χ1v) is 10.7. The Morgan fingerprint density at radius 2 is 1.97 bits per heavy atom. The molecule has 0 radical (unpaired) electrons. The maximum atomic E-state index is 12.4. The second-order valence-corrected chi connectivity index (χ2v) is 8.24. The quantitative estimate of drug-likeness (QED) is 0.567. The number of amides is 1. The highest BCUT2D eigenvalue weighted by Crippen LogP contribution is 2.31. The second-order valence-electron chi connectivity index (χ2n) is 8.24. The molecule has 0 unspecified atom stereocenters. The van der Waals surface area contributed by atoms with Crippen molar-refractivity contribution >= 4 is 16.9 Å². The van der Waals surface area contributed by atoms with Gasteiger partial charge in [-0.15, -0.1) is 6.58 Å². The van der Waals surface area contributed by atoms with Crippen LogP contribution in [0.1, 0.15) is 29.3 Å². The number of aryl methyl sites for hydroxylation is 2. The predicted octanol–water partition coefficient (Wildman–Crippen LogP) is 3.59. The third kappa shape index (κ3) is 4.35. The Morgan fingerprint density at radius 3 is 2.71 bits per heavy atom. The van der Waals surface area contributed by atoms with Crippen LogP contribution in [0.5, 0.6) is 5.75 Å². The van der Waals surface area contributed by atoms with Gasteiger partial charge in [-0.25, -0.2) is 4.98 Å². The molecule has 2 aromatic carbocycles. The van der Waals surface area contributed by atoms with Crippen molar-refractivity contribution in [2.75, 3.05) is 19.7 Å². The SMILES string of the molecule is C=CCN1C[C@@H](c2nc3ccccc3n2C[C@@H](O)COc2c(C)cccc2C)CC1=O. The third-order valence-corrected chi connectivity index (χ3v) is 5.84. The molecule has 1 aliphatic heterocycles. The Kier molecular flexibility index (Phi) is 6.09. The van der Waals surface area contributed by atoms with Gasteiger partial charge in [-0.05, 0) is 37.1 Å². The van der Waals surface area contributed by atoms with Crippen molar-refractivity contribution in [1.82, 2.24) is 14.5 Å². The number of carbonyl (C=O) groups is 1. The van der Waals surface area contributed by atoms with E-state index in [1.165, 1.54) is 0 Å². The summed E-state index contributed by atoms with van der Waals surface area (Å²) in [5, 5.41) is 10.8. The summed E-state index contributed by atoms with van der Waals surface area (Å²) in [6.45, 7) is 9.44. The molecule has 0 saturated carbocycles.